The second kappa shape index (κ2) is 25.0. The molecular formula is C31H62N2O9. The highest BCUT2D eigenvalue weighted by Gasteiger charge is 2.36. The molecule has 42 heavy (non-hydrogen) atoms. The predicted molar refractivity (Wildman–Crippen MR) is 163 cm³/mol. The first-order valence-electron chi connectivity index (χ1n) is 15.9. The van der Waals surface area contributed by atoms with Gasteiger partial charge < -0.3 is 44.9 Å². The SMILES string of the molecule is CC(C)C.CC1COC(CO)[C@H](O)[C@@H]1O.CCO[C@@H]1C[C@@H](CO)N(C(=O)CCCCCNC(=O)CCCCCOC)C1. The fourth-order valence-corrected chi connectivity index (χ4v) is 4.65. The summed E-state index contributed by atoms with van der Waals surface area (Å²) in [7, 11) is 1.69. The zero-order valence-electron chi connectivity index (χ0n) is 27.1. The Morgan fingerprint density at radius 2 is 1.62 bits per heavy atom. The van der Waals surface area contributed by atoms with Crippen molar-refractivity contribution in [1.82, 2.24) is 10.2 Å². The predicted octanol–water partition coefficient (Wildman–Crippen LogP) is 2.27. The molecule has 6 atom stereocenters. The van der Waals surface area contributed by atoms with Crippen LogP contribution < -0.4 is 5.32 Å². The Bertz CT molecular complexity index is 678. The van der Waals surface area contributed by atoms with E-state index in [2.05, 4.69) is 26.1 Å². The number of likely N-dealkylation sites (tertiary alicyclic amines) is 1. The monoisotopic (exact) mass is 606 g/mol. The van der Waals surface area contributed by atoms with Gasteiger partial charge in [-0.15, -0.1) is 0 Å². The lowest BCUT2D eigenvalue weighted by Gasteiger charge is -2.35. The minimum atomic E-state index is -0.955. The fraction of sp³-hybridized carbons (Fsp3) is 0.935. The Kier molecular flexibility index (Phi) is 24.2. The second-order valence-electron chi connectivity index (χ2n) is 11.9. The molecule has 0 aromatic heterocycles. The third kappa shape index (κ3) is 18.4. The van der Waals surface area contributed by atoms with Gasteiger partial charge in [-0.3, -0.25) is 9.59 Å². The van der Waals surface area contributed by atoms with Crippen LogP contribution in [0.4, 0.5) is 0 Å². The zero-order valence-corrected chi connectivity index (χ0v) is 27.1. The standard InChI is InChI=1S/C20H38N2O5.C7H14O4.C4H10/c1-3-27-18-14-17(16-23)22(15-18)20(25)11-7-4-8-12-21-19(24)10-6-5-9-13-26-2;1-4-3-11-5(2-8)7(10)6(4)9;1-4(2)3/h17-18,23H,3-16H2,1-2H3,(H,21,24);4-10H,2-3H2,1H3;4H,1-3H3/t17-,18+;4?,5?,6-,7+;/m01./s1. The smallest absolute Gasteiger partial charge is 0.222 e. The van der Waals surface area contributed by atoms with Crippen LogP contribution in [0.15, 0.2) is 0 Å². The van der Waals surface area contributed by atoms with Crippen LogP contribution in [-0.4, -0.2) is 121 Å². The van der Waals surface area contributed by atoms with Gasteiger partial charge in [-0.05, 0) is 44.9 Å². The lowest BCUT2D eigenvalue weighted by atomic mass is 9.94. The largest absolute Gasteiger partial charge is 0.394 e. The number of carbonyl (C=O) groups excluding carboxylic acids is 2. The van der Waals surface area contributed by atoms with Gasteiger partial charge in [-0.1, -0.05) is 40.5 Å². The molecule has 0 aromatic rings. The van der Waals surface area contributed by atoms with E-state index in [0.717, 1.165) is 51.0 Å². The lowest BCUT2D eigenvalue weighted by molar-refractivity contribution is -0.170. The van der Waals surface area contributed by atoms with Crippen molar-refractivity contribution in [3.05, 3.63) is 0 Å². The highest BCUT2D eigenvalue weighted by molar-refractivity contribution is 5.77. The third-order valence-corrected chi connectivity index (χ3v) is 7.02. The van der Waals surface area contributed by atoms with E-state index in [1.54, 1.807) is 18.9 Å². The number of nitrogens with one attached hydrogen (secondary N) is 1. The molecule has 0 saturated carbocycles. The molecule has 11 heteroatoms. The van der Waals surface area contributed by atoms with Crippen molar-refractivity contribution in [1.29, 1.82) is 0 Å². The summed E-state index contributed by atoms with van der Waals surface area (Å²) in [6.45, 7) is 13.0. The number of aliphatic hydroxyl groups excluding tert-OH is 4. The summed E-state index contributed by atoms with van der Waals surface area (Å²) in [4.78, 5) is 25.9. The number of nitrogens with zero attached hydrogens (tertiary/aromatic N) is 1. The van der Waals surface area contributed by atoms with E-state index in [1.807, 2.05) is 6.92 Å². The minimum Gasteiger partial charge on any atom is -0.394 e. The van der Waals surface area contributed by atoms with E-state index < -0.39 is 18.3 Å². The average Bonchev–Trinajstić information content (AvgIpc) is 3.37. The summed E-state index contributed by atoms with van der Waals surface area (Å²) in [5.41, 5.74) is 0. The number of ether oxygens (including phenoxy) is 3. The molecule has 11 nitrogen and oxygen atoms in total. The lowest BCUT2D eigenvalue weighted by Crippen LogP contribution is -2.50. The Morgan fingerprint density at radius 3 is 2.21 bits per heavy atom. The molecule has 5 N–H and O–H groups in total. The van der Waals surface area contributed by atoms with Gasteiger partial charge in [-0.2, -0.15) is 0 Å². The van der Waals surface area contributed by atoms with Crippen LogP contribution in [-0.2, 0) is 23.8 Å². The van der Waals surface area contributed by atoms with Crippen LogP contribution in [0.5, 0.6) is 0 Å². The van der Waals surface area contributed by atoms with Crippen molar-refractivity contribution in [2.24, 2.45) is 11.8 Å². The van der Waals surface area contributed by atoms with Gasteiger partial charge in [0.1, 0.15) is 12.2 Å². The fourth-order valence-electron chi connectivity index (χ4n) is 4.65. The van der Waals surface area contributed by atoms with Crippen LogP contribution >= 0.6 is 0 Å². The van der Waals surface area contributed by atoms with Crippen molar-refractivity contribution in [2.45, 2.75) is 123 Å². The quantitative estimate of drug-likeness (QED) is 0.166. The number of carbonyl (C=O) groups is 2. The zero-order chi connectivity index (χ0) is 31.9. The van der Waals surface area contributed by atoms with Crippen molar-refractivity contribution < 1.29 is 44.2 Å². The molecule has 2 rings (SSSR count). The molecule has 2 unspecified atom stereocenters. The van der Waals surface area contributed by atoms with E-state index in [0.29, 0.717) is 45.6 Å². The minimum absolute atomic E-state index is 0.00713. The van der Waals surface area contributed by atoms with E-state index in [9.17, 15) is 24.9 Å². The first kappa shape index (κ1) is 40.7. The Labute approximate surface area is 254 Å². The molecule has 250 valence electrons. The Hall–Kier alpha value is -1.34. The van der Waals surface area contributed by atoms with Crippen LogP contribution in [0, 0.1) is 11.8 Å². The normalized spacial score (nSPS) is 25.4. The molecule has 0 aliphatic carbocycles. The van der Waals surface area contributed by atoms with Gasteiger partial charge in [0.25, 0.3) is 0 Å². The van der Waals surface area contributed by atoms with Crippen molar-refractivity contribution in [3.63, 3.8) is 0 Å². The van der Waals surface area contributed by atoms with Crippen molar-refractivity contribution in [2.75, 3.05) is 53.2 Å². The molecule has 2 aliphatic heterocycles. The molecule has 2 fully saturated rings. The van der Waals surface area contributed by atoms with E-state index in [-0.39, 0.29) is 43.1 Å². The maximum atomic E-state index is 12.4. The van der Waals surface area contributed by atoms with Crippen LogP contribution in [0.25, 0.3) is 0 Å². The number of aliphatic hydroxyl groups is 4. The maximum Gasteiger partial charge on any atom is 0.222 e. The Balaban J connectivity index is 0.000000916. The molecule has 2 saturated heterocycles. The van der Waals surface area contributed by atoms with Crippen LogP contribution in [0.1, 0.15) is 92.4 Å². The molecule has 0 aromatic carbocycles. The number of methoxy groups -OCH3 is 1. The summed E-state index contributed by atoms with van der Waals surface area (Å²) in [5.74, 6) is 0.970. The highest BCUT2D eigenvalue weighted by atomic mass is 16.5. The number of rotatable bonds is 16. The van der Waals surface area contributed by atoms with Gasteiger partial charge in [0, 0.05) is 52.2 Å². The van der Waals surface area contributed by atoms with Gasteiger partial charge in [-0.25, -0.2) is 0 Å². The molecule has 0 bridgehead atoms. The Morgan fingerprint density at radius 1 is 0.976 bits per heavy atom. The molecule has 2 aliphatic rings. The molecule has 2 amide bonds. The van der Waals surface area contributed by atoms with Gasteiger partial charge in [0.15, 0.2) is 0 Å². The van der Waals surface area contributed by atoms with E-state index >= 15 is 0 Å². The summed E-state index contributed by atoms with van der Waals surface area (Å²) >= 11 is 0. The van der Waals surface area contributed by atoms with Crippen molar-refractivity contribution in [3.8, 4) is 0 Å². The number of amides is 2. The van der Waals surface area contributed by atoms with E-state index in [1.165, 1.54) is 0 Å². The summed E-state index contributed by atoms with van der Waals surface area (Å²) in [6, 6.07) is -0.114. The first-order chi connectivity index (χ1) is 20.0. The summed E-state index contributed by atoms with van der Waals surface area (Å²) in [5, 5.41) is 39.7. The average molecular weight is 607 g/mol. The number of hydrogen-bond acceptors (Lipinski definition) is 9. The van der Waals surface area contributed by atoms with Crippen LogP contribution in [0.2, 0.25) is 0 Å². The molecule has 0 spiro atoms. The topological polar surface area (TPSA) is 158 Å². The number of unbranched alkanes of at least 4 members (excludes halogenated alkanes) is 4. The first-order valence-corrected chi connectivity index (χ1v) is 15.9. The maximum absolute atomic E-state index is 12.4. The molecule has 0 radical (unpaired) electrons. The van der Waals surface area contributed by atoms with Gasteiger partial charge >= 0.3 is 0 Å². The molecular weight excluding hydrogens is 544 g/mol. The van der Waals surface area contributed by atoms with Gasteiger partial charge in [0.2, 0.25) is 11.8 Å². The summed E-state index contributed by atoms with van der Waals surface area (Å²) < 4.78 is 15.6. The second-order valence-corrected chi connectivity index (χ2v) is 11.9. The summed E-state index contributed by atoms with van der Waals surface area (Å²) in [6.07, 6.45) is 4.97. The molecule has 2 heterocycles. The van der Waals surface area contributed by atoms with Crippen molar-refractivity contribution >= 4 is 11.8 Å². The van der Waals surface area contributed by atoms with E-state index in [4.69, 9.17) is 19.3 Å². The van der Waals surface area contributed by atoms with Gasteiger partial charge in [0.05, 0.1) is 38.1 Å². The highest BCUT2D eigenvalue weighted by Crippen LogP contribution is 2.22. The third-order valence-electron chi connectivity index (χ3n) is 7.02. The van der Waals surface area contributed by atoms with Crippen LogP contribution in [0.3, 0.4) is 0 Å². The number of hydrogen-bond donors (Lipinski definition) is 5.